The van der Waals surface area contributed by atoms with E-state index >= 15 is 0 Å². The van der Waals surface area contributed by atoms with Crippen LogP contribution < -0.4 is 5.32 Å². The number of rotatable bonds is 55. The van der Waals surface area contributed by atoms with E-state index in [1.54, 1.807) is 0 Å². The van der Waals surface area contributed by atoms with E-state index in [-0.39, 0.29) is 18.5 Å². The SMILES string of the molecule is CCCCCCCC/C=C\CCCCCCCCCCCC(=O)OCCCCC/C=C\C=C/CCCCCCCCCCCCC(=O)NC(CO)C(O)CCCCCCCCCCCCCC. The first kappa shape index (κ1) is 65.1. The van der Waals surface area contributed by atoms with Gasteiger partial charge in [0.25, 0.3) is 0 Å². The van der Waals surface area contributed by atoms with Crippen LogP contribution in [0.2, 0.25) is 0 Å². The molecule has 0 aliphatic rings. The molecule has 0 fully saturated rings. The van der Waals surface area contributed by atoms with Crippen molar-refractivity contribution in [2.45, 2.75) is 328 Å². The third-order valence-electron chi connectivity index (χ3n) is 13.7. The van der Waals surface area contributed by atoms with Crippen LogP contribution in [0.4, 0.5) is 0 Å². The van der Waals surface area contributed by atoms with Crippen LogP contribution >= 0.6 is 0 Å². The fourth-order valence-electron chi connectivity index (χ4n) is 9.10. The first-order chi connectivity index (χ1) is 33.0. The zero-order valence-corrected chi connectivity index (χ0v) is 44.9. The summed E-state index contributed by atoms with van der Waals surface area (Å²) in [7, 11) is 0. The van der Waals surface area contributed by atoms with Crippen molar-refractivity contribution in [3.8, 4) is 0 Å². The molecule has 0 aliphatic carbocycles. The van der Waals surface area contributed by atoms with Gasteiger partial charge < -0.3 is 20.3 Å². The summed E-state index contributed by atoms with van der Waals surface area (Å²) in [5.41, 5.74) is 0. The van der Waals surface area contributed by atoms with Crippen molar-refractivity contribution in [1.82, 2.24) is 5.32 Å². The maximum atomic E-state index is 12.4. The minimum absolute atomic E-state index is 0.0138. The van der Waals surface area contributed by atoms with E-state index in [0.717, 1.165) is 70.6 Å². The fourth-order valence-corrected chi connectivity index (χ4v) is 9.10. The van der Waals surface area contributed by atoms with Crippen LogP contribution in [0.25, 0.3) is 0 Å². The Hall–Kier alpha value is -1.92. The van der Waals surface area contributed by atoms with Crippen LogP contribution in [0.3, 0.4) is 0 Å². The second-order valence-electron chi connectivity index (χ2n) is 20.4. The van der Waals surface area contributed by atoms with Crippen molar-refractivity contribution < 1.29 is 24.5 Å². The Labute approximate surface area is 417 Å². The minimum Gasteiger partial charge on any atom is -0.466 e. The Morgan fingerprint density at radius 2 is 0.746 bits per heavy atom. The van der Waals surface area contributed by atoms with Gasteiger partial charge >= 0.3 is 5.97 Å². The highest BCUT2D eigenvalue weighted by atomic mass is 16.5. The van der Waals surface area contributed by atoms with Gasteiger partial charge in [-0.3, -0.25) is 9.59 Å². The summed E-state index contributed by atoms with van der Waals surface area (Å²) in [5, 5.41) is 23.2. The molecule has 2 atom stereocenters. The molecule has 0 bridgehead atoms. The first-order valence-corrected chi connectivity index (χ1v) is 29.8. The number of unbranched alkanes of at least 4 members (excludes halogenated alkanes) is 39. The molecule has 3 N–H and O–H groups in total. The highest BCUT2D eigenvalue weighted by molar-refractivity contribution is 5.76. The lowest BCUT2D eigenvalue weighted by atomic mass is 10.0. The maximum Gasteiger partial charge on any atom is 0.305 e. The molecule has 0 saturated heterocycles. The summed E-state index contributed by atoms with van der Waals surface area (Å²) in [6.45, 7) is 4.91. The van der Waals surface area contributed by atoms with Crippen LogP contribution in [0, 0.1) is 0 Å². The first-order valence-electron chi connectivity index (χ1n) is 29.8. The van der Waals surface area contributed by atoms with Gasteiger partial charge in [0.1, 0.15) is 0 Å². The molecule has 0 aliphatic heterocycles. The van der Waals surface area contributed by atoms with Crippen molar-refractivity contribution in [3.63, 3.8) is 0 Å². The Morgan fingerprint density at radius 3 is 1.15 bits per heavy atom. The van der Waals surface area contributed by atoms with E-state index in [4.69, 9.17) is 4.74 Å². The van der Waals surface area contributed by atoms with E-state index in [2.05, 4.69) is 55.6 Å². The average molecular weight is 943 g/mol. The highest BCUT2D eigenvalue weighted by Gasteiger charge is 2.20. The van der Waals surface area contributed by atoms with Gasteiger partial charge in [0.2, 0.25) is 5.91 Å². The summed E-state index contributed by atoms with van der Waals surface area (Å²) in [4.78, 5) is 24.5. The standard InChI is InChI=1S/C61H115NO5/c1-3-5-7-9-11-13-15-17-18-19-21-25-28-31-35-39-43-47-51-55-61(66)67-56-52-48-44-40-36-32-29-26-23-20-22-24-27-30-34-38-42-46-50-54-60(65)62-58(57-63)59(64)53-49-45-41-37-33-16-14-12-10-8-6-4-2/h17-18,26,29,32,36,58-59,63-64H,3-16,19-25,27-28,30-31,33-35,37-57H2,1-2H3,(H,62,65)/b18-17-,29-26-,36-32-. The van der Waals surface area contributed by atoms with Gasteiger partial charge in [-0.1, -0.05) is 256 Å². The van der Waals surface area contributed by atoms with E-state index in [1.165, 1.54) is 212 Å². The molecule has 0 aromatic carbocycles. The van der Waals surface area contributed by atoms with Crippen LogP contribution in [0.1, 0.15) is 316 Å². The van der Waals surface area contributed by atoms with Crippen LogP contribution in [0.5, 0.6) is 0 Å². The third-order valence-corrected chi connectivity index (χ3v) is 13.7. The number of ether oxygens (including phenoxy) is 1. The molecule has 6 nitrogen and oxygen atoms in total. The molecule has 2 unspecified atom stereocenters. The topological polar surface area (TPSA) is 95.9 Å². The molecule has 0 radical (unpaired) electrons. The summed E-state index contributed by atoms with van der Waals surface area (Å²) in [6, 6.07) is -0.548. The highest BCUT2D eigenvalue weighted by Crippen LogP contribution is 2.17. The summed E-state index contributed by atoms with van der Waals surface area (Å²) < 4.78 is 5.47. The van der Waals surface area contributed by atoms with E-state index < -0.39 is 12.1 Å². The quantitative estimate of drug-likeness (QED) is 0.0244. The number of nitrogens with one attached hydrogen (secondary N) is 1. The predicted octanol–water partition coefficient (Wildman–Crippen LogP) is 18.4. The zero-order chi connectivity index (χ0) is 48.6. The number of allylic oxidation sites excluding steroid dienone is 6. The molecule has 0 saturated carbocycles. The minimum atomic E-state index is -0.670. The number of carbonyl (C=O) groups is 2. The van der Waals surface area contributed by atoms with Gasteiger partial charge in [-0.15, -0.1) is 0 Å². The van der Waals surface area contributed by atoms with Crippen molar-refractivity contribution in [2.75, 3.05) is 13.2 Å². The van der Waals surface area contributed by atoms with Crippen molar-refractivity contribution >= 4 is 11.9 Å². The van der Waals surface area contributed by atoms with E-state index in [1.807, 2.05) is 0 Å². The predicted molar refractivity (Wildman–Crippen MR) is 292 cm³/mol. The molecule has 0 spiro atoms. The van der Waals surface area contributed by atoms with Gasteiger partial charge in [-0.05, 0) is 83.5 Å². The molecular weight excluding hydrogens is 827 g/mol. The van der Waals surface area contributed by atoms with E-state index in [0.29, 0.717) is 25.9 Å². The molecular formula is C61H115NO5. The lowest BCUT2D eigenvalue weighted by Gasteiger charge is -2.22. The molecule has 1 amide bonds. The Kier molecular flexibility index (Phi) is 55.0. The number of hydrogen-bond acceptors (Lipinski definition) is 5. The Morgan fingerprint density at radius 1 is 0.418 bits per heavy atom. The number of aliphatic hydroxyl groups excluding tert-OH is 2. The van der Waals surface area contributed by atoms with Crippen LogP contribution in [0.15, 0.2) is 36.5 Å². The molecule has 0 aromatic rings. The second kappa shape index (κ2) is 56.7. The number of aliphatic hydroxyl groups is 2. The molecule has 0 rings (SSSR count). The van der Waals surface area contributed by atoms with E-state index in [9.17, 15) is 19.8 Å². The summed E-state index contributed by atoms with van der Waals surface area (Å²) >= 11 is 0. The number of hydrogen-bond donors (Lipinski definition) is 3. The average Bonchev–Trinajstić information content (AvgIpc) is 3.33. The molecule has 67 heavy (non-hydrogen) atoms. The Bertz CT molecular complexity index is 1090. The largest absolute Gasteiger partial charge is 0.466 e. The normalized spacial score (nSPS) is 12.8. The smallest absolute Gasteiger partial charge is 0.305 e. The molecule has 6 heteroatoms. The Balaban J connectivity index is 3.45. The monoisotopic (exact) mass is 942 g/mol. The maximum absolute atomic E-state index is 12.4. The summed E-state index contributed by atoms with van der Waals surface area (Å²) in [5.74, 6) is -0.0591. The third kappa shape index (κ3) is 53.3. The number of carbonyl (C=O) groups excluding carboxylic acids is 2. The molecule has 0 aromatic heterocycles. The van der Waals surface area contributed by atoms with Crippen LogP contribution in [-0.4, -0.2) is 47.4 Å². The lowest BCUT2D eigenvalue weighted by molar-refractivity contribution is -0.143. The van der Waals surface area contributed by atoms with Crippen molar-refractivity contribution in [1.29, 1.82) is 0 Å². The fraction of sp³-hybridized carbons (Fsp3) is 0.869. The van der Waals surface area contributed by atoms with Gasteiger partial charge in [-0.25, -0.2) is 0 Å². The summed E-state index contributed by atoms with van der Waals surface area (Å²) in [6.07, 6.45) is 70.0. The van der Waals surface area contributed by atoms with Gasteiger partial charge in [0, 0.05) is 12.8 Å². The van der Waals surface area contributed by atoms with Gasteiger partial charge in [0.15, 0.2) is 0 Å². The zero-order valence-electron chi connectivity index (χ0n) is 44.9. The van der Waals surface area contributed by atoms with Crippen molar-refractivity contribution in [2.24, 2.45) is 0 Å². The number of amides is 1. The van der Waals surface area contributed by atoms with Crippen LogP contribution in [-0.2, 0) is 14.3 Å². The molecule has 0 heterocycles. The van der Waals surface area contributed by atoms with Gasteiger partial charge in [0.05, 0.1) is 25.4 Å². The number of esters is 1. The van der Waals surface area contributed by atoms with Crippen molar-refractivity contribution in [3.05, 3.63) is 36.5 Å². The lowest BCUT2D eigenvalue weighted by Crippen LogP contribution is -2.45. The molecule has 394 valence electrons. The second-order valence-corrected chi connectivity index (χ2v) is 20.4. The van der Waals surface area contributed by atoms with Gasteiger partial charge in [-0.2, -0.15) is 0 Å².